The molecular weight excluding hydrogens is 564 g/mol. The second kappa shape index (κ2) is 15.4. The van der Waals surface area contributed by atoms with E-state index in [-0.39, 0.29) is 48.4 Å². The first-order chi connectivity index (χ1) is 21.3. The van der Waals surface area contributed by atoms with Gasteiger partial charge in [0.2, 0.25) is 0 Å². The third-order valence-corrected chi connectivity index (χ3v) is 6.91. The summed E-state index contributed by atoms with van der Waals surface area (Å²) in [6.07, 6.45) is 5.11. The summed E-state index contributed by atoms with van der Waals surface area (Å²) in [5, 5.41) is 4.12. The highest BCUT2D eigenvalue weighted by Crippen LogP contribution is 2.22. The number of rotatable bonds is 15. The summed E-state index contributed by atoms with van der Waals surface area (Å²) in [7, 11) is 3.28. The van der Waals surface area contributed by atoms with Crippen LogP contribution in [0.5, 0.6) is 11.5 Å². The van der Waals surface area contributed by atoms with Crippen molar-refractivity contribution in [2.45, 2.75) is 39.7 Å². The zero-order valence-corrected chi connectivity index (χ0v) is 25.3. The van der Waals surface area contributed by atoms with Crippen LogP contribution in [-0.4, -0.2) is 64.9 Å². The van der Waals surface area contributed by atoms with E-state index in [0.29, 0.717) is 12.2 Å². The second-order valence-electron chi connectivity index (χ2n) is 10.00. The van der Waals surface area contributed by atoms with Gasteiger partial charge in [-0.25, -0.2) is 24.2 Å². The van der Waals surface area contributed by atoms with Crippen LogP contribution >= 0.6 is 0 Å². The summed E-state index contributed by atoms with van der Waals surface area (Å²) in [5.74, 6) is 0.593. The molecule has 0 saturated heterocycles. The Kier molecular flexibility index (Phi) is 11.2. The lowest BCUT2D eigenvalue weighted by Gasteiger charge is -2.17. The minimum atomic E-state index is -0.699. The largest absolute Gasteiger partial charge is 0.497 e. The molecule has 0 aliphatic carbocycles. The molecule has 0 saturated carbocycles. The van der Waals surface area contributed by atoms with Gasteiger partial charge in [-0.1, -0.05) is 24.3 Å². The molecule has 2 aromatic carbocycles. The lowest BCUT2D eigenvalue weighted by molar-refractivity contribution is 0.0505. The standard InChI is InChI=1S/C33H36N4O7/c1-5-43-32(39)28-18-29(33(40)44-6-2)37(36-28)21-30(38)25-19-34-31(35-20-25)17-24(15-22-7-11-26(41-3)12-8-22)16-23-9-13-27(42-4)14-10-23/h7-14,18-20,24H,5-6,15-17,21H2,1-4H3. The van der Waals surface area contributed by atoms with Gasteiger partial charge in [-0.2, -0.15) is 5.10 Å². The van der Waals surface area contributed by atoms with Crippen molar-refractivity contribution >= 4 is 17.7 Å². The number of methoxy groups -OCH3 is 2. The van der Waals surface area contributed by atoms with Crippen LogP contribution in [0.25, 0.3) is 0 Å². The number of carbonyl (C=O) groups excluding carboxylic acids is 3. The average molecular weight is 601 g/mol. The van der Waals surface area contributed by atoms with Gasteiger partial charge in [0.05, 0.1) is 33.0 Å². The molecule has 0 aliphatic heterocycles. The topological polar surface area (TPSA) is 132 Å². The van der Waals surface area contributed by atoms with Crippen molar-refractivity contribution < 1.29 is 33.3 Å². The van der Waals surface area contributed by atoms with Crippen LogP contribution < -0.4 is 9.47 Å². The van der Waals surface area contributed by atoms with Crippen LogP contribution in [0.1, 0.15) is 62.1 Å². The Hall–Kier alpha value is -5.06. The molecular formula is C33H36N4O7. The van der Waals surface area contributed by atoms with Crippen molar-refractivity contribution in [2.75, 3.05) is 27.4 Å². The molecule has 230 valence electrons. The van der Waals surface area contributed by atoms with Crippen LogP contribution in [-0.2, 0) is 35.3 Å². The highest BCUT2D eigenvalue weighted by atomic mass is 16.5. The van der Waals surface area contributed by atoms with Gasteiger partial charge in [0.15, 0.2) is 11.5 Å². The fourth-order valence-corrected chi connectivity index (χ4v) is 4.71. The van der Waals surface area contributed by atoms with Gasteiger partial charge < -0.3 is 18.9 Å². The van der Waals surface area contributed by atoms with E-state index in [0.717, 1.165) is 40.1 Å². The summed E-state index contributed by atoms with van der Waals surface area (Å²) in [6, 6.07) is 17.2. The van der Waals surface area contributed by atoms with Crippen LogP contribution in [0, 0.1) is 5.92 Å². The number of Topliss-reactive ketones (excluding diaryl/α,β-unsaturated/α-hetero) is 1. The zero-order chi connectivity index (χ0) is 31.5. The minimum absolute atomic E-state index is 0.0271. The predicted molar refractivity (Wildman–Crippen MR) is 161 cm³/mol. The van der Waals surface area contributed by atoms with Crippen molar-refractivity contribution in [2.24, 2.45) is 5.92 Å². The van der Waals surface area contributed by atoms with Gasteiger partial charge in [0.1, 0.15) is 29.6 Å². The molecule has 44 heavy (non-hydrogen) atoms. The lowest BCUT2D eigenvalue weighted by Crippen LogP contribution is -2.19. The molecule has 4 rings (SSSR count). The van der Waals surface area contributed by atoms with Crippen molar-refractivity contribution in [3.05, 3.63) is 101 Å². The van der Waals surface area contributed by atoms with Crippen molar-refractivity contribution in [3.8, 4) is 11.5 Å². The number of carbonyl (C=O) groups is 3. The first kappa shape index (κ1) is 31.9. The maximum absolute atomic E-state index is 13.1. The van der Waals surface area contributed by atoms with Gasteiger partial charge in [-0.05, 0) is 68.0 Å². The van der Waals surface area contributed by atoms with Gasteiger partial charge in [-0.3, -0.25) is 4.79 Å². The molecule has 0 spiro atoms. The molecule has 0 N–H and O–H groups in total. The van der Waals surface area contributed by atoms with E-state index in [9.17, 15) is 14.4 Å². The molecule has 2 aromatic heterocycles. The summed E-state index contributed by atoms with van der Waals surface area (Å²) >= 11 is 0. The first-order valence-corrected chi connectivity index (χ1v) is 14.4. The minimum Gasteiger partial charge on any atom is -0.497 e. The molecule has 11 heteroatoms. The fraction of sp³-hybridized carbons (Fsp3) is 0.333. The maximum atomic E-state index is 13.1. The monoisotopic (exact) mass is 600 g/mol. The average Bonchev–Trinajstić information content (AvgIpc) is 3.46. The normalized spacial score (nSPS) is 10.8. The van der Waals surface area contributed by atoms with Crippen molar-refractivity contribution in [1.29, 1.82) is 0 Å². The molecule has 0 unspecified atom stereocenters. The van der Waals surface area contributed by atoms with Gasteiger partial charge in [0, 0.05) is 24.9 Å². The van der Waals surface area contributed by atoms with E-state index < -0.39 is 11.9 Å². The van der Waals surface area contributed by atoms with Gasteiger partial charge >= 0.3 is 11.9 Å². The quantitative estimate of drug-likeness (QED) is 0.141. The SMILES string of the molecule is CCOC(=O)c1cc(C(=O)OCC)n(CC(=O)c2cnc(CC(Cc3ccc(OC)cc3)Cc3ccc(OC)cc3)nc2)n1. The fourth-order valence-electron chi connectivity index (χ4n) is 4.71. The smallest absolute Gasteiger partial charge is 0.358 e. The van der Waals surface area contributed by atoms with Gasteiger partial charge in [0.25, 0.3) is 0 Å². The zero-order valence-electron chi connectivity index (χ0n) is 25.3. The second-order valence-corrected chi connectivity index (χ2v) is 10.00. The van der Waals surface area contributed by atoms with Crippen LogP contribution in [0.3, 0.4) is 0 Å². The third-order valence-electron chi connectivity index (χ3n) is 6.91. The number of hydrogen-bond donors (Lipinski definition) is 0. The van der Waals surface area contributed by atoms with E-state index in [1.165, 1.54) is 18.5 Å². The maximum Gasteiger partial charge on any atom is 0.358 e. The third kappa shape index (κ3) is 8.50. The van der Waals surface area contributed by atoms with Crippen LogP contribution in [0.4, 0.5) is 0 Å². The molecule has 0 bridgehead atoms. The number of benzene rings is 2. The molecule has 0 atom stereocenters. The number of esters is 2. The van der Waals surface area contributed by atoms with Crippen molar-refractivity contribution in [3.63, 3.8) is 0 Å². The summed E-state index contributed by atoms with van der Waals surface area (Å²) in [4.78, 5) is 46.8. The van der Waals surface area contributed by atoms with Crippen molar-refractivity contribution in [1.82, 2.24) is 19.7 Å². The number of ether oxygens (including phenoxy) is 4. The van der Waals surface area contributed by atoms with Gasteiger partial charge in [-0.15, -0.1) is 0 Å². The number of aromatic nitrogens is 4. The summed E-state index contributed by atoms with van der Waals surface area (Å²) in [6.45, 7) is 3.28. The Balaban J connectivity index is 1.49. The van der Waals surface area contributed by atoms with E-state index in [4.69, 9.17) is 18.9 Å². The molecule has 0 radical (unpaired) electrons. The first-order valence-electron chi connectivity index (χ1n) is 14.4. The van der Waals surface area contributed by atoms with E-state index >= 15 is 0 Å². The molecule has 0 fully saturated rings. The molecule has 0 amide bonds. The Morgan fingerprint density at radius 1 is 0.750 bits per heavy atom. The Bertz CT molecular complexity index is 1500. The Labute approximate surface area is 256 Å². The summed E-state index contributed by atoms with van der Waals surface area (Å²) < 4.78 is 21.8. The van der Waals surface area contributed by atoms with E-state index in [1.54, 1.807) is 28.1 Å². The lowest BCUT2D eigenvalue weighted by atomic mass is 9.89. The Morgan fingerprint density at radius 3 is 1.77 bits per heavy atom. The summed E-state index contributed by atoms with van der Waals surface area (Å²) in [5.41, 5.74) is 2.46. The highest BCUT2D eigenvalue weighted by molar-refractivity contribution is 5.97. The molecule has 2 heterocycles. The number of nitrogens with zero attached hydrogens (tertiary/aromatic N) is 4. The van der Waals surface area contributed by atoms with E-state index in [1.807, 2.05) is 24.3 Å². The number of hydrogen-bond acceptors (Lipinski definition) is 10. The van der Waals surface area contributed by atoms with Crippen LogP contribution in [0.15, 0.2) is 67.0 Å². The molecule has 0 aliphatic rings. The molecule has 4 aromatic rings. The molecule has 11 nitrogen and oxygen atoms in total. The number of ketones is 1. The highest BCUT2D eigenvalue weighted by Gasteiger charge is 2.23. The van der Waals surface area contributed by atoms with Crippen LogP contribution in [0.2, 0.25) is 0 Å². The Morgan fingerprint density at radius 2 is 1.27 bits per heavy atom. The predicted octanol–water partition coefficient (Wildman–Crippen LogP) is 4.57. The van der Waals surface area contributed by atoms with E-state index in [2.05, 4.69) is 39.3 Å².